The minimum atomic E-state index is -0.727. The van der Waals surface area contributed by atoms with Crippen molar-refractivity contribution < 1.29 is 47.2 Å². The average molecular weight is 769 g/mol. The van der Waals surface area contributed by atoms with Gasteiger partial charge in [-0.15, -0.1) is 0 Å². The maximum atomic E-state index is 12.9. The summed E-state index contributed by atoms with van der Waals surface area (Å²) in [6.07, 6.45) is 2.68. The second kappa shape index (κ2) is 16.1. The highest BCUT2D eigenvalue weighted by Gasteiger charge is 2.53. The molecular weight excluding hydrogens is 714 g/mol. The summed E-state index contributed by atoms with van der Waals surface area (Å²) in [5.74, 6) is -1.01. The van der Waals surface area contributed by atoms with Crippen LogP contribution in [0.25, 0.3) is 0 Å². The molecule has 2 saturated heterocycles. The summed E-state index contributed by atoms with van der Waals surface area (Å²) in [5, 5.41) is 0. The number of hydrogen-bond donors (Lipinski definition) is 0. The third-order valence-electron chi connectivity index (χ3n) is 10.4. The zero-order valence-corrected chi connectivity index (χ0v) is 34.6. The Kier molecular flexibility index (Phi) is 12.2. The number of hydrogen-bond acceptors (Lipinski definition) is 10. The molecule has 298 valence electrons. The molecule has 0 spiro atoms. The van der Waals surface area contributed by atoms with Crippen LogP contribution in [0.15, 0.2) is 85.2 Å². The van der Waals surface area contributed by atoms with Gasteiger partial charge in [0.2, 0.25) is 0 Å². The fraction of sp³-hybridized carbons (Fsp3) is 0.452. The van der Waals surface area contributed by atoms with E-state index in [0.29, 0.717) is 11.2 Å². The molecule has 4 heterocycles. The first-order valence-electron chi connectivity index (χ1n) is 18.7. The molecule has 0 radical (unpaired) electrons. The summed E-state index contributed by atoms with van der Waals surface area (Å²) in [5.41, 5.74) is 1.01. The molecule has 2 aromatic carbocycles. The minimum Gasteiger partial charge on any atom is -0.456 e. The van der Waals surface area contributed by atoms with Crippen LogP contribution in [0.3, 0.4) is 0 Å². The van der Waals surface area contributed by atoms with Gasteiger partial charge in [0.1, 0.15) is 30.2 Å². The normalized spacial score (nSPS) is 17.9. The fourth-order valence-corrected chi connectivity index (χ4v) is 5.71. The van der Waals surface area contributed by atoms with E-state index in [1.54, 1.807) is 37.5 Å². The van der Waals surface area contributed by atoms with Gasteiger partial charge in [-0.1, -0.05) is 60.7 Å². The molecule has 0 bridgehead atoms. The van der Waals surface area contributed by atoms with Gasteiger partial charge >= 0.3 is 32.3 Å². The topological polar surface area (TPSA) is 126 Å². The fourth-order valence-electron chi connectivity index (χ4n) is 5.71. The van der Waals surface area contributed by atoms with Gasteiger partial charge in [0.05, 0.1) is 22.4 Å². The van der Waals surface area contributed by atoms with Crippen molar-refractivity contribution in [2.24, 2.45) is 7.05 Å². The lowest BCUT2D eigenvalue weighted by molar-refractivity contribution is 0.00578. The molecule has 0 N–H and O–H groups in total. The van der Waals surface area contributed by atoms with Crippen LogP contribution < -0.4 is 10.9 Å². The monoisotopic (exact) mass is 768 g/mol. The van der Waals surface area contributed by atoms with Crippen LogP contribution in [-0.4, -0.2) is 69.4 Å². The van der Waals surface area contributed by atoms with Crippen molar-refractivity contribution in [2.75, 3.05) is 0 Å². The number of rotatable bonds is 8. The number of carbonyl (C=O) groups excluding carboxylic acids is 3. The Morgan fingerprint density at radius 2 is 0.982 bits per heavy atom. The van der Waals surface area contributed by atoms with Crippen LogP contribution in [0.1, 0.15) is 108 Å². The Balaban J connectivity index is 0.000000219. The first-order valence-corrected chi connectivity index (χ1v) is 18.7. The molecule has 12 nitrogen and oxygen atoms in total. The Labute approximate surface area is 331 Å². The highest BCUT2D eigenvalue weighted by Crippen LogP contribution is 2.37. The van der Waals surface area contributed by atoms with Crippen molar-refractivity contribution >= 4 is 43.2 Å². The van der Waals surface area contributed by atoms with E-state index >= 15 is 0 Å². The van der Waals surface area contributed by atoms with Crippen LogP contribution in [-0.2, 0) is 53.1 Å². The third kappa shape index (κ3) is 9.84. The Hall–Kier alpha value is -4.62. The van der Waals surface area contributed by atoms with Gasteiger partial charge < -0.3 is 37.4 Å². The molecular formula is C42H54B2N2O10. The molecule has 0 aliphatic carbocycles. The van der Waals surface area contributed by atoms with E-state index in [2.05, 4.69) is 0 Å². The molecule has 2 aliphatic rings. The predicted molar refractivity (Wildman–Crippen MR) is 214 cm³/mol. The van der Waals surface area contributed by atoms with Crippen molar-refractivity contribution in [1.82, 2.24) is 9.13 Å². The highest BCUT2D eigenvalue weighted by molar-refractivity contribution is 6.62. The number of carbonyl (C=O) groups is 3. The maximum Gasteiger partial charge on any atom is 0.496 e. The largest absolute Gasteiger partial charge is 0.496 e. The van der Waals surface area contributed by atoms with E-state index < -0.39 is 54.3 Å². The second-order valence-electron chi connectivity index (χ2n) is 17.1. The molecule has 6 rings (SSSR count). The third-order valence-corrected chi connectivity index (χ3v) is 10.4. The van der Waals surface area contributed by atoms with E-state index in [9.17, 15) is 14.4 Å². The maximum absolute atomic E-state index is 12.9. The summed E-state index contributed by atoms with van der Waals surface area (Å²) < 4.78 is 43.4. The van der Waals surface area contributed by atoms with Gasteiger partial charge in [-0.25, -0.2) is 19.0 Å². The minimum absolute atomic E-state index is 0.0508. The molecule has 56 heavy (non-hydrogen) atoms. The number of aromatic nitrogens is 2. The Bertz CT molecular complexity index is 1980. The standard InChI is InChI=1S/C23H30BNO6.C19H24BNO4/c1-21(2,3)29-20(27)25-14-17(24-30-22(4,5)23(6,7)31-24)13-18(25)19(26)28-15-16-11-9-8-10-12-16;1-18(2)19(3,4)25-20(24-18)15-11-16(21(5)12-15)17(22)23-13-14-9-7-6-8-10-14/h8-14H,15H2,1-7H3;6-12H,13H2,1-5H3. The van der Waals surface area contributed by atoms with Gasteiger partial charge in [-0.2, -0.15) is 0 Å². The number of benzene rings is 2. The molecule has 14 heteroatoms. The van der Waals surface area contributed by atoms with E-state index in [1.807, 2.05) is 129 Å². The quantitative estimate of drug-likeness (QED) is 0.110. The predicted octanol–water partition coefficient (Wildman–Crippen LogP) is 6.61. The highest BCUT2D eigenvalue weighted by atomic mass is 16.7. The molecule has 2 fully saturated rings. The Morgan fingerprint density at radius 3 is 1.39 bits per heavy atom. The van der Waals surface area contributed by atoms with Crippen LogP contribution in [0.5, 0.6) is 0 Å². The van der Waals surface area contributed by atoms with Crippen molar-refractivity contribution in [3.8, 4) is 0 Å². The lowest BCUT2D eigenvalue weighted by Crippen LogP contribution is -2.41. The average Bonchev–Trinajstić information content (AvgIpc) is 3.83. The van der Waals surface area contributed by atoms with E-state index in [4.69, 9.17) is 32.8 Å². The molecule has 4 aromatic rings. The number of aryl methyl sites for hydroxylation is 1. The van der Waals surface area contributed by atoms with E-state index in [0.717, 1.165) is 21.2 Å². The summed E-state index contributed by atoms with van der Waals surface area (Å²) in [6.45, 7) is 21.4. The summed E-state index contributed by atoms with van der Waals surface area (Å²) in [7, 11) is 0.592. The molecule has 0 atom stereocenters. The SMILES string of the molecule is CC(C)(C)OC(=O)n1cc(B2OC(C)(C)C(C)(C)O2)cc1C(=O)OCc1ccccc1.Cn1cc(B2OC(C)(C)C(C)(C)O2)cc1C(=O)OCc1ccccc1. The van der Waals surface area contributed by atoms with Gasteiger partial charge in [0.25, 0.3) is 0 Å². The molecule has 2 aliphatic heterocycles. The summed E-state index contributed by atoms with van der Waals surface area (Å²) >= 11 is 0. The first kappa shape index (κ1) is 42.5. The Morgan fingerprint density at radius 1 is 0.607 bits per heavy atom. The van der Waals surface area contributed by atoms with Crippen LogP contribution >= 0.6 is 0 Å². The van der Waals surface area contributed by atoms with Crippen molar-refractivity contribution in [1.29, 1.82) is 0 Å². The van der Waals surface area contributed by atoms with Crippen molar-refractivity contribution in [2.45, 2.75) is 117 Å². The van der Waals surface area contributed by atoms with E-state index in [-0.39, 0.29) is 24.9 Å². The first-order chi connectivity index (χ1) is 26.0. The van der Waals surface area contributed by atoms with Gasteiger partial charge in [-0.3, -0.25) is 0 Å². The van der Waals surface area contributed by atoms with Crippen LogP contribution in [0, 0.1) is 0 Å². The van der Waals surface area contributed by atoms with Gasteiger partial charge in [0, 0.05) is 30.4 Å². The second-order valence-corrected chi connectivity index (χ2v) is 17.1. The summed E-state index contributed by atoms with van der Waals surface area (Å²) in [6, 6.07) is 22.3. The van der Waals surface area contributed by atoms with Gasteiger partial charge in [0.15, 0.2) is 0 Å². The van der Waals surface area contributed by atoms with Gasteiger partial charge in [-0.05, 0) is 99.4 Å². The summed E-state index contributed by atoms with van der Waals surface area (Å²) in [4.78, 5) is 38.1. The van der Waals surface area contributed by atoms with Crippen LogP contribution in [0.2, 0.25) is 0 Å². The zero-order valence-electron chi connectivity index (χ0n) is 34.6. The lowest BCUT2D eigenvalue weighted by Gasteiger charge is -2.32. The number of ether oxygens (including phenoxy) is 3. The lowest BCUT2D eigenvalue weighted by atomic mass is 9.81. The van der Waals surface area contributed by atoms with Crippen molar-refractivity contribution in [3.63, 3.8) is 0 Å². The van der Waals surface area contributed by atoms with Crippen molar-refractivity contribution in [3.05, 3.63) is 108 Å². The molecule has 0 saturated carbocycles. The molecule has 2 aromatic heterocycles. The van der Waals surface area contributed by atoms with E-state index in [1.165, 1.54) is 6.20 Å². The molecule has 0 amide bonds. The smallest absolute Gasteiger partial charge is 0.456 e. The molecule has 0 unspecified atom stereocenters. The van der Waals surface area contributed by atoms with Crippen LogP contribution in [0.4, 0.5) is 4.79 Å². The zero-order chi connectivity index (χ0) is 41.3. The number of esters is 2. The number of nitrogens with zero attached hydrogens (tertiary/aromatic N) is 2.